The summed E-state index contributed by atoms with van der Waals surface area (Å²) in [7, 11) is 1.70. The van der Waals surface area contributed by atoms with Crippen molar-refractivity contribution in [3.05, 3.63) is 40.3 Å². The van der Waals surface area contributed by atoms with Crippen LogP contribution in [0.1, 0.15) is 5.56 Å². The molecule has 72 valence electrons. The number of H-pyrrole nitrogens is 1. The largest absolute Gasteiger partial charge is 0.343 e. The smallest absolute Gasteiger partial charge is 0.278 e. The van der Waals surface area contributed by atoms with Gasteiger partial charge in [0, 0.05) is 12.6 Å². The summed E-state index contributed by atoms with van der Waals surface area (Å²) >= 11 is 0. The average molecular weight is 189 g/mol. The lowest BCUT2D eigenvalue weighted by Crippen LogP contribution is -2.13. The van der Waals surface area contributed by atoms with E-state index >= 15 is 0 Å². The van der Waals surface area contributed by atoms with Crippen LogP contribution in [-0.2, 0) is 7.05 Å². The van der Waals surface area contributed by atoms with Gasteiger partial charge in [-0.3, -0.25) is 4.57 Å². The van der Waals surface area contributed by atoms with Crippen LogP contribution in [0.25, 0.3) is 11.4 Å². The fourth-order valence-corrected chi connectivity index (χ4v) is 1.41. The number of rotatable bonds is 1. The molecular formula is C10H11N3O. The Labute approximate surface area is 81.2 Å². The third kappa shape index (κ3) is 1.25. The van der Waals surface area contributed by atoms with Gasteiger partial charge in [-0.25, -0.2) is 9.89 Å². The topological polar surface area (TPSA) is 50.7 Å². The number of aromatic amines is 1. The number of aryl methyl sites for hydroxylation is 1. The van der Waals surface area contributed by atoms with Crippen LogP contribution in [0.2, 0.25) is 0 Å². The van der Waals surface area contributed by atoms with Crippen LogP contribution in [-0.4, -0.2) is 14.8 Å². The van der Waals surface area contributed by atoms with Gasteiger partial charge in [0.2, 0.25) is 0 Å². The summed E-state index contributed by atoms with van der Waals surface area (Å²) in [6.45, 7) is 1.99. The maximum Gasteiger partial charge on any atom is 0.343 e. The third-order valence-corrected chi connectivity index (χ3v) is 2.27. The van der Waals surface area contributed by atoms with Crippen molar-refractivity contribution < 1.29 is 0 Å². The number of aromatic nitrogens is 3. The minimum Gasteiger partial charge on any atom is -0.278 e. The second kappa shape index (κ2) is 3.14. The molecular weight excluding hydrogens is 178 g/mol. The Bertz CT molecular complexity index is 510. The molecule has 0 amide bonds. The Morgan fingerprint density at radius 2 is 2.07 bits per heavy atom. The van der Waals surface area contributed by atoms with E-state index < -0.39 is 0 Å². The number of nitrogens with one attached hydrogen (secondary N) is 1. The molecule has 2 aromatic rings. The van der Waals surface area contributed by atoms with E-state index in [1.165, 1.54) is 4.57 Å². The van der Waals surface area contributed by atoms with E-state index in [2.05, 4.69) is 10.2 Å². The van der Waals surface area contributed by atoms with Crippen molar-refractivity contribution in [2.24, 2.45) is 7.05 Å². The van der Waals surface area contributed by atoms with E-state index in [9.17, 15) is 4.79 Å². The summed E-state index contributed by atoms with van der Waals surface area (Å²) in [5.41, 5.74) is 1.89. The van der Waals surface area contributed by atoms with Crippen LogP contribution in [0.4, 0.5) is 0 Å². The fraction of sp³-hybridized carbons (Fsp3) is 0.200. The van der Waals surface area contributed by atoms with E-state index in [1.807, 2.05) is 31.2 Å². The maximum atomic E-state index is 11.2. The number of hydrogen-bond donors (Lipinski definition) is 1. The molecule has 4 heteroatoms. The molecule has 0 saturated heterocycles. The molecule has 1 aromatic carbocycles. The predicted octanol–water partition coefficient (Wildman–Crippen LogP) is 1.08. The fourth-order valence-electron chi connectivity index (χ4n) is 1.41. The highest BCUT2D eigenvalue weighted by Crippen LogP contribution is 2.18. The second-order valence-electron chi connectivity index (χ2n) is 3.23. The van der Waals surface area contributed by atoms with Crippen molar-refractivity contribution in [2.75, 3.05) is 0 Å². The normalized spacial score (nSPS) is 10.4. The Morgan fingerprint density at radius 3 is 2.64 bits per heavy atom. The molecule has 4 nitrogen and oxygen atoms in total. The third-order valence-electron chi connectivity index (χ3n) is 2.27. The predicted molar refractivity (Wildman–Crippen MR) is 54.0 cm³/mol. The Morgan fingerprint density at radius 1 is 1.36 bits per heavy atom. The Balaban J connectivity index is 2.66. The van der Waals surface area contributed by atoms with Gasteiger partial charge in [-0.1, -0.05) is 24.3 Å². The van der Waals surface area contributed by atoms with E-state index in [1.54, 1.807) is 7.05 Å². The maximum absolute atomic E-state index is 11.2. The minimum absolute atomic E-state index is 0.191. The van der Waals surface area contributed by atoms with E-state index in [0.717, 1.165) is 11.1 Å². The van der Waals surface area contributed by atoms with E-state index in [-0.39, 0.29) is 5.69 Å². The first-order valence-corrected chi connectivity index (χ1v) is 4.37. The van der Waals surface area contributed by atoms with Crippen molar-refractivity contribution in [2.45, 2.75) is 6.92 Å². The van der Waals surface area contributed by atoms with Crippen molar-refractivity contribution in [1.82, 2.24) is 14.8 Å². The Kier molecular flexibility index (Phi) is 1.96. The SMILES string of the molecule is Cc1ccccc1-c1n[nH]c(=O)n1C. The average Bonchev–Trinajstić information content (AvgIpc) is 2.49. The van der Waals surface area contributed by atoms with Gasteiger partial charge in [-0.15, -0.1) is 0 Å². The van der Waals surface area contributed by atoms with Crippen LogP contribution < -0.4 is 5.69 Å². The van der Waals surface area contributed by atoms with Gasteiger partial charge in [-0.2, -0.15) is 5.10 Å². The van der Waals surface area contributed by atoms with E-state index in [4.69, 9.17) is 0 Å². The molecule has 1 aromatic heterocycles. The molecule has 0 aliphatic rings. The quantitative estimate of drug-likeness (QED) is 0.729. The van der Waals surface area contributed by atoms with Crippen LogP contribution in [0.3, 0.4) is 0 Å². The zero-order chi connectivity index (χ0) is 10.1. The lowest BCUT2D eigenvalue weighted by molar-refractivity contribution is 0.869. The van der Waals surface area contributed by atoms with Crippen molar-refractivity contribution in [3.63, 3.8) is 0 Å². The first-order valence-electron chi connectivity index (χ1n) is 4.37. The summed E-state index contributed by atoms with van der Waals surface area (Å²) in [6.07, 6.45) is 0. The first-order chi connectivity index (χ1) is 6.70. The van der Waals surface area contributed by atoms with Crippen LogP contribution in [0, 0.1) is 6.92 Å². The highest BCUT2D eigenvalue weighted by Gasteiger charge is 2.08. The van der Waals surface area contributed by atoms with Gasteiger partial charge in [0.05, 0.1) is 0 Å². The molecule has 0 saturated carbocycles. The summed E-state index contributed by atoms with van der Waals surface area (Å²) in [6, 6.07) is 7.84. The molecule has 0 radical (unpaired) electrons. The number of benzene rings is 1. The van der Waals surface area contributed by atoms with Crippen LogP contribution >= 0.6 is 0 Å². The summed E-state index contributed by atoms with van der Waals surface area (Å²) in [5, 5.41) is 6.39. The van der Waals surface area contributed by atoms with Crippen LogP contribution in [0.15, 0.2) is 29.1 Å². The van der Waals surface area contributed by atoms with Gasteiger partial charge in [0.15, 0.2) is 5.82 Å². The molecule has 2 rings (SSSR count). The molecule has 0 atom stereocenters. The molecule has 1 heterocycles. The van der Waals surface area contributed by atoms with Gasteiger partial charge >= 0.3 is 5.69 Å². The highest BCUT2D eigenvalue weighted by molar-refractivity contribution is 5.59. The zero-order valence-electron chi connectivity index (χ0n) is 8.11. The van der Waals surface area contributed by atoms with Gasteiger partial charge < -0.3 is 0 Å². The van der Waals surface area contributed by atoms with Crippen molar-refractivity contribution in [1.29, 1.82) is 0 Å². The summed E-state index contributed by atoms with van der Waals surface area (Å²) in [5.74, 6) is 0.674. The molecule has 1 N–H and O–H groups in total. The molecule has 0 aliphatic carbocycles. The number of nitrogens with zero attached hydrogens (tertiary/aromatic N) is 2. The monoisotopic (exact) mass is 189 g/mol. The number of hydrogen-bond acceptors (Lipinski definition) is 2. The van der Waals surface area contributed by atoms with Gasteiger partial charge in [0.1, 0.15) is 0 Å². The lowest BCUT2D eigenvalue weighted by atomic mass is 10.1. The first kappa shape index (κ1) is 8.74. The zero-order valence-corrected chi connectivity index (χ0v) is 8.11. The summed E-state index contributed by atoms with van der Waals surface area (Å²) < 4.78 is 1.50. The molecule has 0 spiro atoms. The van der Waals surface area contributed by atoms with Crippen LogP contribution in [0.5, 0.6) is 0 Å². The Hall–Kier alpha value is -1.84. The van der Waals surface area contributed by atoms with Gasteiger partial charge in [0.25, 0.3) is 0 Å². The summed E-state index contributed by atoms with van der Waals surface area (Å²) in [4.78, 5) is 11.2. The standard InChI is InChI=1S/C10H11N3O/c1-7-5-3-4-6-8(7)9-11-12-10(14)13(9)2/h3-6H,1-2H3,(H,12,14). The minimum atomic E-state index is -0.191. The molecule has 0 fully saturated rings. The van der Waals surface area contributed by atoms with Crippen molar-refractivity contribution in [3.8, 4) is 11.4 Å². The lowest BCUT2D eigenvalue weighted by Gasteiger charge is -2.02. The van der Waals surface area contributed by atoms with E-state index in [0.29, 0.717) is 5.82 Å². The molecule has 0 unspecified atom stereocenters. The van der Waals surface area contributed by atoms with Crippen molar-refractivity contribution >= 4 is 0 Å². The molecule has 0 bridgehead atoms. The van der Waals surface area contributed by atoms with Gasteiger partial charge in [-0.05, 0) is 12.5 Å². The molecule has 0 aliphatic heterocycles. The highest BCUT2D eigenvalue weighted by atomic mass is 16.1. The second-order valence-corrected chi connectivity index (χ2v) is 3.23. The molecule has 14 heavy (non-hydrogen) atoms.